The number of aromatic nitrogens is 1. The fraction of sp³-hybridized carbons (Fsp3) is 0.250. The lowest BCUT2D eigenvalue weighted by Gasteiger charge is -2.03. The van der Waals surface area contributed by atoms with Gasteiger partial charge in [0.15, 0.2) is 9.84 Å². The lowest BCUT2D eigenvalue weighted by atomic mass is 10.3. The van der Waals surface area contributed by atoms with Crippen LogP contribution >= 0.6 is 0 Å². The Bertz CT molecular complexity index is 453. The van der Waals surface area contributed by atoms with Crippen LogP contribution in [0.4, 0.5) is 5.82 Å². The van der Waals surface area contributed by atoms with E-state index in [1.54, 1.807) is 0 Å². The van der Waals surface area contributed by atoms with E-state index in [-0.39, 0.29) is 11.4 Å². The Kier molecular flexibility index (Phi) is 3.25. The van der Waals surface area contributed by atoms with Gasteiger partial charge in [-0.3, -0.25) is 4.79 Å². The highest BCUT2D eigenvalue weighted by atomic mass is 32.2. The number of amides is 1. The molecular weight excluding hydrogens is 218 g/mol. The van der Waals surface area contributed by atoms with E-state index in [2.05, 4.69) is 10.3 Å². The Morgan fingerprint density at radius 1 is 1.53 bits per heavy atom. The number of primary amides is 1. The van der Waals surface area contributed by atoms with Crippen molar-refractivity contribution in [2.45, 2.75) is 0 Å². The molecule has 3 N–H and O–H groups in total. The quantitative estimate of drug-likeness (QED) is 0.731. The van der Waals surface area contributed by atoms with E-state index in [9.17, 15) is 13.2 Å². The number of nitrogens with one attached hydrogen (secondary N) is 1. The van der Waals surface area contributed by atoms with Crippen LogP contribution in [0.2, 0.25) is 0 Å². The number of hydrogen-bond acceptors (Lipinski definition) is 5. The van der Waals surface area contributed by atoms with Gasteiger partial charge >= 0.3 is 0 Å². The van der Waals surface area contributed by atoms with E-state index in [0.717, 1.165) is 6.26 Å². The third-order valence-electron chi connectivity index (χ3n) is 1.56. The fourth-order valence-corrected chi connectivity index (χ4v) is 1.26. The van der Waals surface area contributed by atoms with Crippen molar-refractivity contribution in [3.63, 3.8) is 0 Å². The van der Waals surface area contributed by atoms with Crippen molar-refractivity contribution in [3.05, 3.63) is 23.9 Å². The zero-order valence-electron chi connectivity index (χ0n) is 8.10. The Hall–Kier alpha value is -1.63. The van der Waals surface area contributed by atoms with Crippen molar-refractivity contribution in [2.75, 3.05) is 17.4 Å². The summed E-state index contributed by atoms with van der Waals surface area (Å²) >= 11 is 0. The molecule has 1 aromatic rings. The van der Waals surface area contributed by atoms with E-state index in [1.807, 2.05) is 0 Å². The van der Waals surface area contributed by atoms with Gasteiger partial charge in [-0.15, -0.1) is 0 Å². The molecule has 0 saturated carbocycles. The number of pyridine rings is 1. The molecule has 0 fully saturated rings. The summed E-state index contributed by atoms with van der Waals surface area (Å²) in [6.45, 7) is 0. The molecule has 0 unspecified atom stereocenters. The summed E-state index contributed by atoms with van der Waals surface area (Å²) in [6.07, 6.45) is 2.39. The number of nitrogens with zero attached hydrogens (tertiary/aromatic N) is 1. The maximum atomic E-state index is 10.8. The molecule has 6 nitrogen and oxygen atoms in total. The van der Waals surface area contributed by atoms with Gasteiger partial charge in [-0.25, -0.2) is 13.4 Å². The summed E-state index contributed by atoms with van der Waals surface area (Å²) in [5.74, 6) is -0.391. The van der Waals surface area contributed by atoms with E-state index in [4.69, 9.17) is 5.73 Å². The SMILES string of the molecule is CS(=O)(=O)CNc1ccc(C(N)=O)cn1. The van der Waals surface area contributed by atoms with Crippen molar-refractivity contribution in [1.82, 2.24) is 4.98 Å². The summed E-state index contributed by atoms with van der Waals surface area (Å²) in [4.78, 5) is 14.5. The molecule has 0 aliphatic heterocycles. The standard InChI is InChI=1S/C8H11N3O3S/c1-15(13,14)5-11-7-3-2-6(4-10-7)8(9)12/h2-4H,5H2,1H3,(H2,9,12)(H,10,11). The fourth-order valence-electron chi connectivity index (χ4n) is 0.849. The minimum absolute atomic E-state index is 0.198. The number of carbonyl (C=O) groups excluding carboxylic acids is 1. The van der Waals surface area contributed by atoms with Crippen molar-refractivity contribution in [3.8, 4) is 0 Å². The van der Waals surface area contributed by atoms with Crippen LogP contribution in [0.5, 0.6) is 0 Å². The zero-order valence-corrected chi connectivity index (χ0v) is 8.91. The first-order valence-electron chi connectivity index (χ1n) is 4.06. The third-order valence-corrected chi connectivity index (χ3v) is 2.23. The Balaban J connectivity index is 2.69. The second-order valence-electron chi connectivity index (χ2n) is 3.04. The van der Waals surface area contributed by atoms with Gasteiger partial charge in [-0.05, 0) is 12.1 Å². The van der Waals surface area contributed by atoms with Crippen LogP contribution in [0, 0.1) is 0 Å². The number of hydrogen-bond donors (Lipinski definition) is 2. The molecule has 0 radical (unpaired) electrons. The molecule has 7 heteroatoms. The molecule has 82 valence electrons. The predicted molar refractivity (Wildman–Crippen MR) is 56.1 cm³/mol. The number of carbonyl (C=O) groups is 1. The summed E-state index contributed by atoms with van der Waals surface area (Å²) in [5.41, 5.74) is 5.29. The molecule has 0 atom stereocenters. The summed E-state index contributed by atoms with van der Waals surface area (Å²) in [5, 5.41) is 2.60. The van der Waals surface area contributed by atoms with Gasteiger partial charge in [0, 0.05) is 12.5 Å². The highest BCUT2D eigenvalue weighted by Gasteiger charge is 2.03. The molecule has 1 amide bonds. The summed E-state index contributed by atoms with van der Waals surface area (Å²) in [6, 6.07) is 2.96. The predicted octanol–water partition coefficient (Wildman–Crippen LogP) is -0.406. The minimum Gasteiger partial charge on any atom is -0.366 e. The maximum Gasteiger partial charge on any atom is 0.250 e. The average molecular weight is 229 g/mol. The Morgan fingerprint density at radius 2 is 2.20 bits per heavy atom. The molecule has 1 rings (SSSR count). The third kappa shape index (κ3) is 3.94. The number of nitrogens with two attached hydrogens (primary N) is 1. The Labute approximate surface area is 87.4 Å². The zero-order chi connectivity index (χ0) is 11.5. The van der Waals surface area contributed by atoms with Crippen LogP contribution in [-0.4, -0.2) is 31.4 Å². The molecule has 0 aliphatic rings. The van der Waals surface area contributed by atoms with Gasteiger partial charge < -0.3 is 11.1 Å². The first kappa shape index (κ1) is 11.4. The summed E-state index contributed by atoms with van der Waals surface area (Å²) in [7, 11) is -3.09. The van der Waals surface area contributed by atoms with Crippen molar-refractivity contribution in [1.29, 1.82) is 0 Å². The molecule has 0 aromatic carbocycles. The van der Waals surface area contributed by atoms with E-state index >= 15 is 0 Å². The molecule has 1 aromatic heterocycles. The van der Waals surface area contributed by atoms with E-state index < -0.39 is 15.7 Å². The highest BCUT2D eigenvalue weighted by Crippen LogP contribution is 2.04. The van der Waals surface area contributed by atoms with Crippen molar-refractivity contribution in [2.24, 2.45) is 5.73 Å². The first-order chi connectivity index (χ1) is 6.88. The molecule has 15 heavy (non-hydrogen) atoms. The number of rotatable bonds is 4. The van der Waals surface area contributed by atoms with Crippen LogP contribution in [0.3, 0.4) is 0 Å². The van der Waals surface area contributed by atoms with Crippen LogP contribution < -0.4 is 11.1 Å². The van der Waals surface area contributed by atoms with Gasteiger partial charge in [-0.2, -0.15) is 0 Å². The van der Waals surface area contributed by atoms with Crippen LogP contribution in [0.15, 0.2) is 18.3 Å². The largest absolute Gasteiger partial charge is 0.366 e. The molecule has 1 heterocycles. The van der Waals surface area contributed by atoms with Gasteiger partial charge in [0.25, 0.3) is 0 Å². The molecule has 0 aliphatic carbocycles. The second-order valence-corrected chi connectivity index (χ2v) is 5.18. The van der Waals surface area contributed by atoms with E-state index in [1.165, 1.54) is 18.3 Å². The monoisotopic (exact) mass is 229 g/mol. The van der Waals surface area contributed by atoms with Gasteiger partial charge in [0.05, 0.1) is 5.56 Å². The lowest BCUT2D eigenvalue weighted by molar-refractivity contribution is 0.1000. The average Bonchev–Trinajstić information content (AvgIpc) is 2.14. The molecule has 0 spiro atoms. The van der Waals surface area contributed by atoms with Crippen molar-refractivity contribution >= 4 is 21.6 Å². The minimum atomic E-state index is -3.09. The molecule has 0 bridgehead atoms. The molecule has 0 saturated heterocycles. The number of sulfone groups is 1. The van der Waals surface area contributed by atoms with Crippen LogP contribution in [0.1, 0.15) is 10.4 Å². The number of anilines is 1. The van der Waals surface area contributed by atoms with Gasteiger partial charge in [-0.1, -0.05) is 0 Å². The van der Waals surface area contributed by atoms with Gasteiger partial charge in [0.2, 0.25) is 5.91 Å². The van der Waals surface area contributed by atoms with Gasteiger partial charge in [0.1, 0.15) is 11.7 Å². The molecular formula is C8H11N3O3S. The Morgan fingerprint density at radius 3 is 2.60 bits per heavy atom. The van der Waals surface area contributed by atoms with Crippen LogP contribution in [0.25, 0.3) is 0 Å². The van der Waals surface area contributed by atoms with Crippen molar-refractivity contribution < 1.29 is 13.2 Å². The first-order valence-corrected chi connectivity index (χ1v) is 6.12. The topological polar surface area (TPSA) is 102 Å². The normalized spacial score (nSPS) is 11.0. The smallest absolute Gasteiger partial charge is 0.250 e. The second kappa shape index (κ2) is 4.26. The highest BCUT2D eigenvalue weighted by molar-refractivity contribution is 7.90. The maximum absolute atomic E-state index is 10.8. The lowest BCUT2D eigenvalue weighted by Crippen LogP contribution is -2.14. The summed E-state index contributed by atoms with van der Waals surface area (Å²) < 4.78 is 21.6. The van der Waals surface area contributed by atoms with E-state index in [0.29, 0.717) is 5.82 Å². The van der Waals surface area contributed by atoms with Crippen LogP contribution in [-0.2, 0) is 9.84 Å².